The first-order valence-electron chi connectivity index (χ1n) is 8.59. The van der Waals surface area contributed by atoms with Gasteiger partial charge < -0.3 is 15.5 Å². The Morgan fingerprint density at radius 2 is 1.73 bits per heavy atom. The van der Waals surface area contributed by atoms with Gasteiger partial charge in [0, 0.05) is 5.69 Å². The van der Waals surface area contributed by atoms with Crippen molar-refractivity contribution in [2.75, 3.05) is 5.32 Å². The minimum Gasteiger partial charge on any atom is -0.507 e. The van der Waals surface area contributed by atoms with Crippen LogP contribution >= 0.6 is 0 Å². The average molecular weight is 353 g/mol. The molecule has 3 N–H and O–H groups in total. The Bertz CT molecular complexity index is 857. The standard InChI is InChI=1S/C21H23NO4/c1-20(2,17-12-21(17,3)19(25)26)13-8-10-14(11-9-13)22-18(24)15-6-4-5-7-16(15)23/h4-11,17,23H,12H2,1-3H3,(H,22,24)(H,25,26). The van der Waals surface area contributed by atoms with Crippen LogP contribution in [-0.2, 0) is 10.2 Å². The van der Waals surface area contributed by atoms with E-state index >= 15 is 0 Å². The summed E-state index contributed by atoms with van der Waals surface area (Å²) in [4.78, 5) is 23.7. The third-order valence-electron chi connectivity index (χ3n) is 5.63. The lowest BCUT2D eigenvalue weighted by molar-refractivity contribution is -0.143. The normalized spacial score (nSPS) is 21.9. The maximum absolute atomic E-state index is 12.3. The Morgan fingerprint density at radius 1 is 1.12 bits per heavy atom. The van der Waals surface area contributed by atoms with Crippen molar-refractivity contribution in [3.8, 4) is 5.75 Å². The molecule has 2 aromatic carbocycles. The molecule has 0 radical (unpaired) electrons. The molecule has 0 spiro atoms. The molecule has 1 fully saturated rings. The Kier molecular flexibility index (Phi) is 4.26. The lowest BCUT2D eigenvalue weighted by Gasteiger charge is -2.27. The molecule has 5 heteroatoms. The van der Waals surface area contributed by atoms with Gasteiger partial charge in [-0.05, 0) is 54.5 Å². The topological polar surface area (TPSA) is 86.6 Å². The number of phenols is 1. The average Bonchev–Trinajstić information content (AvgIpc) is 3.30. The molecular formula is C21H23NO4. The summed E-state index contributed by atoms with van der Waals surface area (Å²) in [6.07, 6.45) is 0.668. The molecule has 0 aliphatic heterocycles. The number of phenolic OH excluding ortho intramolecular Hbond substituents is 1. The number of hydrogen-bond acceptors (Lipinski definition) is 3. The number of rotatable bonds is 5. The molecule has 0 bridgehead atoms. The third-order valence-corrected chi connectivity index (χ3v) is 5.63. The fraction of sp³-hybridized carbons (Fsp3) is 0.333. The number of hydrogen-bond donors (Lipinski definition) is 3. The highest BCUT2D eigenvalue weighted by atomic mass is 16.4. The highest BCUT2D eigenvalue weighted by molar-refractivity contribution is 6.06. The molecule has 1 aliphatic carbocycles. The van der Waals surface area contributed by atoms with Gasteiger partial charge in [0.1, 0.15) is 5.75 Å². The molecule has 2 unspecified atom stereocenters. The smallest absolute Gasteiger partial charge is 0.309 e. The van der Waals surface area contributed by atoms with E-state index in [1.807, 2.05) is 12.1 Å². The summed E-state index contributed by atoms with van der Waals surface area (Å²) in [6, 6.07) is 13.8. The van der Waals surface area contributed by atoms with Crippen molar-refractivity contribution in [2.24, 2.45) is 11.3 Å². The second-order valence-electron chi connectivity index (χ2n) is 7.75. The van der Waals surface area contributed by atoms with Crippen molar-refractivity contribution in [2.45, 2.75) is 32.6 Å². The maximum atomic E-state index is 12.3. The van der Waals surface area contributed by atoms with Crippen LogP contribution in [0.5, 0.6) is 5.75 Å². The summed E-state index contributed by atoms with van der Waals surface area (Å²) in [5, 5.41) is 21.9. The van der Waals surface area contributed by atoms with E-state index in [1.165, 1.54) is 6.07 Å². The number of aromatic hydroxyl groups is 1. The molecule has 2 aromatic rings. The van der Waals surface area contributed by atoms with E-state index < -0.39 is 11.4 Å². The minimum absolute atomic E-state index is 0.0653. The number of amides is 1. The molecular weight excluding hydrogens is 330 g/mol. The lowest BCUT2D eigenvalue weighted by atomic mass is 9.77. The van der Waals surface area contributed by atoms with Crippen molar-refractivity contribution >= 4 is 17.6 Å². The van der Waals surface area contributed by atoms with Crippen LogP contribution in [0.15, 0.2) is 48.5 Å². The van der Waals surface area contributed by atoms with Crippen molar-refractivity contribution in [3.05, 3.63) is 59.7 Å². The van der Waals surface area contributed by atoms with Gasteiger partial charge in [-0.15, -0.1) is 0 Å². The van der Waals surface area contributed by atoms with E-state index in [9.17, 15) is 19.8 Å². The Morgan fingerprint density at radius 3 is 2.27 bits per heavy atom. The summed E-state index contributed by atoms with van der Waals surface area (Å²) in [7, 11) is 0. The molecule has 3 rings (SSSR count). The first-order chi connectivity index (χ1) is 12.2. The summed E-state index contributed by atoms with van der Waals surface area (Å²) in [5.74, 6) is -1.11. The zero-order valence-corrected chi connectivity index (χ0v) is 15.1. The molecule has 0 heterocycles. The van der Waals surface area contributed by atoms with E-state index in [0.29, 0.717) is 12.1 Å². The molecule has 1 saturated carbocycles. The predicted octanol–water partition coefficient (Wildman–Crippen LogP) is 4.03. The summed E-state index contributed by atoms with van der Waals surface area (Å²) < 4.78 is 0. The second kappa shape index (κ2) is 6.16. The lowest BCUT2D eigenvalue weighted by Crippen LogP contribution is -2.26. The Hall–Kier alpha value is -2.82. The van der Waals surface area contributed by atoms with Crippen molar-refractivity contribution in [1.82, 2.24) is 0 Å². The zero-order chi connectivity index (χ0) is 19.1. The molecule has 0 saturated heterocycles. The highest BCUT2D eigenvalue weighted by Crippen LogP contribution is 2.61. The SMILES string of the molecule is CC1(C(=O)O)CC1C(C)(C)c1ccc(NC(=O)c2ccccc2O)cc1. The van der Waals surface area contributed by atoms with Crippen LogP contribution in [0.3, 0.4) is 0 Å². The molecule has 2 atom stereocenters. The number of carboxylic acids is 1. The number of aliphatic carboxylic acids is 1. The van der Waals surface area contributed by atoms with E-state index in [-0.39, 0.29) is 28.6 Å². The first-order valence-corrected chi connectivity index (χ1v) is 8.59. The van der Waals surface area contributed by atoms with E-state index in [2.05, 4.69) is 19.2 Å². The van der Waals surface area contributed by atoms with Gasteiger partial charge in [0.05, 0.1) is 11.0 Å². The van der Waals surface area contributed by atoms with Crippen LogP contribution in [0.2, 0.25) is 0 Å². The number of nitrogens with one attached hydrogen (secondary N) is 1. The van der Waals surface area contributed by atoms with Gasteiger partial charge >= 0.3 is 5.97 Å². The number of anilines is 1. The number of carbonyl (C=O) groups is 2. The van der Waals surface area contributed by atoms with Crippen LogP contribution < -0.4 is 5.32 Å². The van der Waals surface area contributed by atoms with Gasteiger partial charge in [0.2, 0.25) is 0 Å². The van der Waals surface area contributed by atoms with Crippen LogP contribution in [0, 0.1) is 11.3 Å². The van der Waals surface area contributed by atoms with E-state index in [4.69, 9.17) is 0 Å². The number of carboxylic acid groups (broad SMARTS) is 1. The van der Waals surface area contributed by atoms with Crippen LogP contribution in [0.4, 0.5) is 5.69 Å². The number of para-hydroxylation sites is 1. The monoisotopic (exact) mass is 353 g/mol. The molecule has 0 aromatic heterocycles. The largest absolute Gasteiger partial charge is 0.507 e. The number of benzene rings is 2. The zero-order valence-electron chi connectivity index (χ0n) is 15.1. The third kappa shape index (κ3) is 3.05. The second-order valence-corrected chi connectivity index (χ2v) is 7.75. The van der Waals surface area contributed by atoms with Gasteiger partial charge in [0.15, 0.2) is 0 Å². The van der Waals surface area contributed by atoms with Crippen molar-refractivity contribution in [3.63, 3.8) is 0 Å². The van der Waals surface area contributed by atoms with E-state index in [0.717, 1.165) is 5.56 Å². The summed E-state index contributed by atoms with van der Waals surface area (Å²) in [5.41, 5.74) is 0.934. The number of carbonyl (C=O) groups excluding carboxylic acids is 1. The molecule has 1 amide bonds. The quantitative estimate of drug-likeness (QED) is 0.757. The first kappa shape index (κ1) is 18.0. The molecule has 26 heavy (non-hydrogen) atoms. The molecule has 136 valence electrons. The van der Waals surface area contributed by atoms with E-state index in [1.54, 1.807) is 37.3 Å². The minimum atomic E-state index is -0.748. The summed E-state index contributed by atoms with van der Waals surface area (Å²) in [6.45, 7) is 5.91. The van der Waals surface area contributed by atoms with Crippen LogP contribution in [0.25, 0.3) is 0 Å². The molecule has 1 aliphatic rings. The fourth-order valence-electron chi connectivity index (χ4n) is 3.70. The van der Waals surface area contributed by atoms with Gasteiger partial charge in [-0.25, -0.2) is 0 Å². The van der Waals surface area contributed by atoms with Gasteiger partial charge in [-0.2, -0.15) is 0 Å². The Balaban J connectivity index is 1.74. The Labute approximate surface area is 152 Å². The van der Waals surface area contributed by atoms with Crippen molar-refractivity contribution in [1.29, 1.82) is 0 Å². The summed E-state index contributed by atoms with van der Waals surface area (Å²) >= 11 is 0. The van der Waals surface area contributed by atoms with Crippen molar-refractivity contribution < 1.29 is 19.8 Å². The molecule has 5 nitrogen and oxygen atoms in total. The van der Waals surface area contributed by atoms with Gasteiger partial charge in [-0.3, -0.25) is 9.59 Å². The van der Waals surface area contributed by atoms with Gasteiger partial charge in [-0.1, -0.05) is 38.1 Å². The highest BCUT2D eigenvalue weighted by Gasteiger charge is 2.62. The fourth-order valence-corrected chi connectivity index (χ4v) is 3.70. The van der Waals surface area contributed by atoms with Crippen LogP contribution in [-0.4, -0.2) is 22.1 Å². The maximum Gasteiger partial charge on any atom is 0.309 e. The predicted molar refractivity (Wildman–Crippen MR) is 99.4 cm³/mol. The van der Waals surface area contributed by atoms with Gasteiger partial charge in [0.25, 0.3) is 5.91 Å². The van der Waals surface area contributed by atoms with Crippen LogP contribution in [0.1, 0.15) is 43.1 Å².